The van der Waals surface area contributed by atoms with E-state index in [1.807, 2.05) is 24.3 Å². The van der Waals surface area contributed by atoms with Crippen LogP contribution in [0.5, 0.6) is 5.75 Å². The maximum absolute atomic E-state index is 14.1. The van der Waals surface area contributed by atoms with E-state index in [9.17, 15) is 19.2 Å². The first-order valence-corrected chi connectivity index (χ1v) is 15.2. The minimum Gasteiger partial charge on any atom is -0.426 e. The lowest BCUT2D eigenvalue weighted by atomic mass is 9.55. The van der Waals surface area contributed by atoms with Gasteiger partial charge in [-0.15, -0.1) is 0 Å². The van der Waals surface area contributed by atoms with E-state index in [0.29, 0.717) is 16.4 Å². The number of hydrogen-bond donors (Lipinski definition) is 0. The third kappa shape index (κ3) is 3.89. The quantitative estimate of drug-likeness (QED) is 0.150. The summed E-state index contributed by atoms with van der Waals surface area (Å²) in [5, 5.41) is 0.552. The molecule has 0 unspecified atom stereocenters. The third-order valence-corrected chi connectivity index (χ3v) is 10.2. The Hall–Kier alpha value is -4.46. The molecule has 7 nitrogen and oxygen atoms in total. The van der Waals surface area contributed by atoms with Crippen molar-refractivity contribution in [1.82, 2.24) is 0 Å². The Kier molecular flexibility index (Phi) is 6.19. The monoisotopic (exact) mass is 622 g/mol. The number of imide groups is 1. The lowest BCUT2D eigenvalue weighted by Crippen LogP contribution is -2.41. The summed E-state index contributed by atoms with van der Waals surface area (Å²) < 4.78 is 5.70. The average molecular weight is 623 g/mol. The van der Waals surface area contributed by atoms with Crippen LogP contribution in [0.3, 0.4) is 0 Å². The van der Waals surface area contributed by atoms with Crippen LogP contribution >= 0.6 is 23.2 Å². The molecule has 2 fully saturated rings. The van der Waals surface area contributed by atoms with Gasteiger partial charge in [-0.1, -0.05) is 83.9 Å². The SMILES string of the molecule is O=C(Oc1cccc(N2C(=O)[C@@H]3C4c5ccccc5C(c5ccccc54)[C@@H]3C2=O)c1)[C@H]1CC(=O)N(c2cccc(Cl)c2Cl)C1. The number of anilines is 2. The first-order chi connectivity index (χ1) is 21.3. The predicted octanol–water partition coefficient (Wildman–Crippen LogP) is 6.35. The van der Waals surface area contributed by atoms with Gasteiger partial charge in [0.2, 0.25) is 17.7 Å². The summed E-state index contributed by atoms with van der Waals surface area (Å²) in [4.78, 5) is 56.9. The van der Waals surface area contributed by atoms with Crippen LogP contribution in [0.15, 0.2) is 91.0 Å². The van der Waals surface area contributed by atoms with E-state index in [1.54, 1.807) is 36.4 Å². The Bertz CT molecular complexity index is 1810. The van der Waals surface area contributed by atoms with Crippen LogP contribution in [0.25, 0.3) is 0 Å². The fourth-order valence-corrected chi connectivity index (χ4v) is 8.01. The molecule has 9 rings (SSSR count). The Morgan fingerprint density at radius 3 is 1.89 bits per heavy atom. The fraction of sp³-hybridized carbons (Fsp3) is 0.200. The summed E-state index contributed by atoms with van der Waals surface area (Å²) in [5.74, 6) is -3.36. The largest absolute Gasteiger partial charge is 0.426 e. The predicted molar refractivity (Wildman–Crippen MR) is 165 cm³/mol. The molecular formula is C35H24Cl2N2O5. The number of amides is 3. The van der Waals surface area contributed by atoms with Crippen molar-refractivity contribution in [2.75, 3.05) is 16.3 Å². The highest BCUT2D eigenvalue weighted by Gasteiger charge is 2.61. The van der Waals surface area contributed by atoms with Crippen molar-refractivity contribution in [3.05, 3.63) is 123 Å². The fourth-order valence-electron chi connectivity index (χ4n) is 7.62. The van der Waals surface area contributed by atoms with Crippen molar-refractivity contribution in [3.63, 3.8) is 0 Å². The Morgan fingerprint density at radius 1 is 0.727 bits per heavy atom. The Labute approximate surface area is 262 Å². The number of esters is 1. The lowest BCUT2D eigenvalue weighted by molar-refractivity contribution is -0.139. The molecule has 3 aliphatic carbocycles. The van der Waals surface area contributed by atoms with Gasteiger partial charge in [0.25, 0.3) is 0 Å². The number of carbonyl (C=O) groups is 4. The van der Waals surface area contributed by atoms with Crippen molar-refractivity contribution < 1.29 is 23.9 Å². The van der Waals surface area contributed by atoms with Crippen LogP contribution in [-0.2, 0) is 19.2 Å². The number of hydrogen-bond acceptors (Lipinski definition) is 5. The minimum absolute atomic E-state index is 0.0439. The first-order valence-electron chi connectivity index (χ1n) is 14.4. The second-order valence-corrected chi connectivity index (χ2v) is 12.5. The molecule has 4 aromatic rings. The van der Waals surface area contributed by atoms with E-state index in [0.717, 1.165) is 22.3 Å². The number of ether oxygens (including phenoxy) is 1. The average Bonchev–Trinajstić information content (AvgIpc) is 3.55. The van der Waals surface area contributed by atoms with Gasteiger partial charge in [0, 0.05) is 30.9 Å². The Morgan fingerprint density at radius 2 is 1.30 bits per heavy atom. The van der Waals surface area contributed by atoms with Gasteiger partial charge in [0.15, 0.2) is 0 Å². The summed E-state index contributed by atoms with van der Waals surface area (Å²) in [7, 11) is 0. The van der Waals surface area contributed by atoms with Gasteiger partial charge in [-0.25, -0.2) is 4.90 Å². The molecule has 2 heterocycles. The van der Waals surface area contributed by atoms with Gasteiger partial charge in [-0.3, -0.25) is 19.2 Å². The molecule has 3 amide bonds. The first kappa shape index (κ1) is 27.1. The smallest absolute Gasteiger partial charge is 0.316 e. The van der Waals surface area contributed by atoms with E-state index < -0.39 is 23.7 Å². The van der Waals surface area contributed by atoms with E-state index in [4.69, 9.17) is 27.9 Å². The number of halogens is 2. The van der Waals surface area contributed by atoms with Crippen LogP contribution in [0.1, 0.15) is 40.5 Å². The maximum Gasteiger partial charge on any atom is 0.316 e. The molecule has 0 spiro atoms. The minimum atomic E-state index is -0.730. The molecule has 0 saturated carbocycles. The van der Waals surface area contributed by atoms with E-state index >= 15 is 0 Å². The lowest BCUT2D eigenvalue weighted by Gasteiger charge is -2.45. The Balaban J connectivity index is 1.06. The summed E-state index contributed by atoms with van der Waals surface area (Å²) in [6.45, 7) is 0.0910. The summed E-state index contributed by atoms with van der Waals surface area (Å²) in [5.41, 5.74) is 5.18. The molecule has 4 aromatic carbocycles. The van der Waals surface area contributed by atoms with Crippen LogP contribution in [0, 0.1) is 17.8 Å². The molecule has 9 heteroatoms. The zero-order chi connectivity index (χ0) is 30.3. The van der Waals surface area contributed by atoms with Gasteiger partial charge in [-0.05, 0) is 46.5 Å². The van der Waals surface area contributed by atoms with Gasteiger partial charge < -0.3 is 9.64 Å². The standard InChI is InChI=1S/C35H24Cl2N2O5/c36-25-13-6-14-26(32(25)37)38-17-18(15-27(38)40)35(43)44-20-8-5-7-19(16-20)39-33(41)30-28-21-9-1-2-10-22(21)29(31(30)34(39)42)24-12-4-3-11-23(24)28/h1-14,16,18,28-31H,15,17H2/t18-,28?,29?,30-,31+/m0/s1. The van der Waals surface area contributed by atoms with E-state index in [1.165, 1.54) is 15.9 Å². The summed E-state index contributed by atoms with van der Waals surface area (Å²) in [6.07, 6.45) is -0.0439. The van der Waals surface area contributed by atoms with Crippen molar-refractivity contribution in [3.8, 4) is 5.75 Å². The highest BCUT2D eigenvalue weighted by atomic mass is 35.5. The summed E-state index contributed by atoms with van der Waals surface area (Å²) >= 11 is 12.4. The molecule has 218 valence electrons. The molecule has 5 aliphatic rings. The van der Waals surface area contributed by atoms with Crippen LogP contribution in [0.4, 0.5) is 11.4 Å². The second-order valence-electron chi connectivity index (χ2n) is 11.7. The zero-order valence-corrected chi connectivity index (χ0v) is 24.7. The molecule has 0 N–H and O–H groups in total. The molecule has 2 aliphatic heterocycles. The highest BCUT2D eigenvalue weighted by molar-refractivity contribution is 6.44. The van der Waals surface area contributed by atoms with E-state index in [-0.39, 0.29) is 53.3 Å². The van der Waals surface area contributed by atoms with Gasteiger partial charge in [0.1, 0.15) is 5.75 Å². The van der Waals surface area contributed by atoms with Crippen LogP contribution in [0.2, 0.25) is 10.0 Å². The maximum atomic E-state index is 14.1. The molecule has 3 atom stereocenters. The molecule has 2 bridgehead atoms. The third-order valence-electron chi connectivity index (χ3n) is 9.42. The van der Waals surface area contributed by atoms with Gasteiger partial charge in [0.05, 0.1) is 39.2 Å². The van der Waals surface area contributed by atoms with Crippen LogP contribution < -0.4 is 14.5 Å². The molecule has 2 saturated heterocycles. The van der Waals surface area contributed by atoms with Crippen molar-refractivity contribution in [2.45, 2.75) is 18.3 Å². The number of nitrogens with zero attached hydrogens (tertiary/aromatic N) is 2. The molecule has 0 radical (unpaired) electrons. The van der Waals surface area contributed by atoms with Crippen molar-refractivity contribution in [2.24, 2.45) is 17.8 Å². The topological polar surface area (TPSA) is 84.0 Å². The summed E-state index contributed by atoms with van der Waals surface area (Å²) in [6, 6.07) is 27.6. The zero-order valence-electron chi connectivity index (χ0n) is 23.2. The van der Waals surface area contributed by atoms with Crippen molar-refractivity contribution in [1.29, 1.82) is 0 Å². The molecule has 0 aromatic heterocycles. The van der Waals surface area contributed by atoms with E-state index in [2.05, 4.69) is 24.3 Å². The van der Waals surface area contributed by atoms with Gasteiger partial charge in [-0.2, -0.15) is 0 Å². The van der Waals surface area contributed by atoms with Crippen molar-refractivity contribution >= 4 is 58.3 Å². The van der Waals surface area contributed by atoms with Gasteiger partial charge >= 0.3 is 5.97 Å². The highest BCUT2D eigenvalue weighted by Crippen LogP contribution is 2.61. The number of benzene rings is 4. The van der Waals surface area contributed by atoms with Crippen LogP contribution in [-0.4, -0.2) is 30.2 Å². The number of carbonyl (C=O) groups excluding carboxylic acids is 4. The normalized spacial score (nSPS) is 24.8. The number of rotatable bonds is 4. The second kappa shape index (κ2) is 10.0. The molecular weight excluding hydrogens is 599 g/mol. The molecule has 44 heavy (non-hydrogen) atoms.